The van der Waals surface area contributed by atoms with Crippen molar-refractivity contribution < 1.29 is 4.79 Å². The maximum atomic E-state index is 12.3. The first-order chi connectivity index (χ1) is 8.29. The van der Waals surface area contributed by atoms with Crippen molar-refractivity contribution in [3.8, 4) is 0 Å². The monoisotopic (exact) mass is 231 g/mol. The van der Waals surface area contributed by atoms with E-state index in [-0.39, 0.29) is 5.91 Å². The Hall–Kier alpha value is -1.42. The smallest absolute Gasteiger partial charge is 0.256 e. The highest BCUT2D eigenvalue weighted by Gasteiger charge is 2.46. The second-order valence-corrected chi connectivity index (χ2v) is 4.85. The van der Waals surface area contributed by atoms with Crippen LogP contribution in [-0.4, -0.2) is 52.4 Å². The molecule has 0 aliphatic carbocycles. The predicted octanol–water partition coefficient (Wildman–Crippen LogP) is 1.00. The van der Waals surface area contributed by atoms with Crippen molar-refractivity contribution in [1.82, 2.24) is 14.8 Å². The zero-order valence-corrected chi connectivity index (χ0v) is 10.0. The molecule has 0 spiro atoms. The van der Waals surface area contributed by atoms with Crippen LogP contribution in [0.5, 0.6) is 0 Å². The number of carbonyl (C=O) groups excluding carboxylic acids is 1. The molecule has 0 radical (unpaired) electrons. The molecule has 2 atom stereocenters. The number of amides is 1. The van der Waals surface area contributed by atoms with E-state index in [1.165, 1.54) is 6.42 Å². The van der Waals surface area contributed by atoms with Gasteiger partial charge in [0.05, 0.1) is 5.56 Å². The van der Waals surface area contributed by atoms with E-state index in [0.29, 0.717) is 17.6 Å². The van der Waals surface area contributed by atoms with E-state index in [1.54, 1.807) is 12.4 Å². The lowest BCUT2D eigenvalue weighted by Crippen LogP contribution is -2.70. The van der Waals surface area contributed by atoms with Crippen LogP contribution in [0.3, 0.4) is 0 Å². The van der Waals surface area contributed by atoms with Crippen molar-refractivity contribution in [3.05, 3.63) is 30.1 Å². The van der Waals surface area contributed by atoms with Crippen LogP contribution in [0, 0.1) is 0 Å². The first-order valence-electron chi connectivity index (χ1n) is 6.24. The number of hydrogen-bond acceptors (Lipinski definition) is 3. The van der Waals surface area contributed by atoms with Gasteiger partial charge in [-0.15, -0.1) is 0 Å². The largest absolute Gasteiger partial charge is 0.330 e. The standard InChI is InChI=1S/C13H17N3O/c1-2-15-8-11-6-12(9-15)16(11)13(17)10-4-3-5-14-7-10/h3-5,7,11-12H,2,6,8-9H2,1H3. The molecule has 4 nitrogen and oxygen atoms in total. The van der Waals surface area contributed by atoms with Crippen LogP contribution in [0.2, 0.25) is 0 Å². The summed E-state index contributed by atoms with van der Waals surface area (Å²) in [6.07, 6.45) is 4.53. The van der Waals surface area contributed by atoms with Crippen LogP contribution >= 0.6 is 0 Å². The summed E-state index contributed by atoms with van der Waals surface area (Å²) in [7, 11) is 0. The fraction of sp³-hybridized carbons (Fsp3) is 0.538. The molecule has 1 amide bonds. The van der Waals surface area contributed by atoms with Crippen molar-refractivity contribution in [2.75, 3.05) is 19.6 Å². The lowest BCUT2D eigenvalue weighted by Gasteiger charge is -2.56. The Balaban J connectivity index is 1.74. The molecular weight excluding hydrogens is 214 g/mol. The van der Waals surface area contributed by atoms with Crippen molar-refractivity contribution in [1.29, 1.82) is 0 Å². The summed E-state index contributed by atoms with van der Waals surface area (Å²) in [4.78, 5) is 20.8. The average molecular weight is 231 g/mol. The van der Waals surface area contributed by atoms with Crippen LogP contribution in [0.25, 0.3) is 0 Å². The number of carbonyl (C=O) groups is 1. The van der Waals surface area contributed by atoms with Crippen molar-refractivity contribution in [3.63, 3.8) is 0 Å². The molecule has 0 saturated carbocycles. The molecule has 90 valence electrons. The van der Waals surface area contributed by atoms with Gasteiger partial charge in [0.2, 0.25) is 0 Å². The first-order valence-corrected chi connectivity index (χ1v) is 6.24. The van der Waals surface area contributed by atoms with Crippen LogP contribution in [-0.2, 0) is 0 Å². The van der Waals surface area contributed by atoms with Crippen LogP contribution < -0.4 is 0 Å². The molecule has 0 N–H and O–H groups in total. The van der Waals surface area contributed by atoms with Gasteiger partial charge in [0.15, 0.2) is 0 Å². The fourth-order valence-corrected chi connectivity index (χ4v) is 2.93. The van der Waals surface area contributed by atoms with Gasteiger partial charge in [-0.1, -0.05) is 6.92 Å². The number of rotatable bonds is 2. The summed E-state index contributed by atoms with van der Waals surface area (Å²) in [5.74, 6) is 0.148. The maximum Gasteiger partial charge on any atom is 0.256 e. The van der Waals surface area contributed by atoms with E-state index in [4.69, 9.17) is 0 Å². The highest BCUT2D eigenvalue weighted by atomic mass is 16.2. The fourth-order valence-electron chi connectivity index (χ4n) is 2.93. The van der Waals surface area contributed by atoms with Gasteiger partial charge in [-0.3, -0.25) is 14.7 Å². The molecule has 2 unspecified atom stereocenters. The number of likely N-dealkylation sites (N-methyl/N-ethyl adjacent to an activating group) is 1. The number of fused-ring (bicyclic) bond motifs is 2. The molecule has 17 heavy (non-hydrogen) atoms. The zero-order valence-electron chi connectivity index (χ0n) is 10.0. The minimum atomic E-state index is 0.148. The maximum absolute atomic E-state index is 12.3. The summed E-state index contributed by atoms with van der Waals surface area (Å²) >= 11 is 0. The Bertz CT molecular complexity index is 408. The second kappa shape index (κ2) is 4.11. The van der Waals surface area contributed by atoms with Gasteiger partial charge in [0.25, 0.3) is 5.91 Å². The summed E-state index contributed by atoms with van der Waals surface area (Å²) in [6, 6.07) is 4.50. The third-order valence-corrected chi connectivity index (χ3v) is 3.86. The predicted molar refractivity (Wildman–Crippen MR) is 64.7 cm³/mol. The van der Waals surface area contributed by atoms with Crippen molar-refractivity contribution >= 4 is 5.91 Å². The quantitative estimate of drug-likeness (QED) is 0.762. The Morgan fingerprint density at radius 2 is 2.24 bits per heavy atom. The van der Waals surface area contributed by atoms with Gasteiger partial charge >= 0.3 is 0 Å². The molecule has 0 aromatic carbocycles. The van der Waals surface area contributed by atoms with E-state index in [0.717, 1.165) is 19.6 Å². The number of piperazine rings is 1. The zero-order chi connectivity index (χ0) is 11.8. The Labute approximate surface area is 101 Å². The number of hydrogen-bond donors (Lipinski definition) is 0. The lowest BCUT2D eigenvalue weighted by atomic mass is 9.86. The van der Waals surface area contributed by atoms with Crippen molar-refractivity contribution in [2.45, 2.75) is 25.4 Å². The SMILES string of the molecule is CCN1CC2CC(C1)N2C(=O)c1cccnc1. The molecule has 4 rings (SSSR count). The number of aromatic nitrogens is 1. The molecule has 3 aliphatic rings. The Morgan fingerprint density at radius 1 is 1.47 bits per heavy atom. The number of piperidine rings is 1. The minimum Gasteiger partial charge on any atom is -0.330 e. The molecule has 4 heterocycles. The second-order valence-electron chi connectivity index (χ2n) is 4.85. The van der Waals surface area contributed by atoms with Gasteiger partial charge < -0.3 is 4.90 Å². The summed E-state index contributed by atoms with van der Waals surface area (Å²) in [5.41, 5.74) is 0.715. The lowest BCUT2D eigenvalue weighted by molar-refractivity contribution is -0.0459. The van der Waals surface area contributed by atoms with E-state index >= 15 is 0 Å². The van der Waals surface area contributed by atoms with Gasteiger partial charge in [0, 0.05) is 37.6 Å². The molecule has 4 heteroatoms. The third-order valence-electron chi connectivity index (χ3n) is 3.86. The van der Waals surface area contributed by atoms with E-state index in [9.17, 15) is 4.79 Å². The van der Waals surface area contributed by atoms with Gasteiger partial charge in [0.1, 0.15) is 0 Å². The first kappa shape index (κ1) is 10.7. The summed E-state index contributed by atoms with van der Waals surface area (Å²) < 4.78 is 0. The normalized spacial score (nSPS) is 27.7. The highest BCUT2D eigenvalue weighted by molar-refractivity contribution is 5.95. The molecule has 2 bridgehead atoms. The molecule has 3 saturated heterocycles. The Morgan fingerprint density at radius 3 is 2.82 bits per heavy atom. The molecule has 1 aromatic rings. The van der Waals surface area contributed by atoms with Crippen LogP contribution in [0.15, 0.2) is 24.5 Å². The third kappa shape index (κ3) is 1.72. The van der Waals surface area contributed by atoms with Crippen LogP contribution in [0.1, 0.15) is 23.7 Å². The minimum absolute atomic E-state index is 0.148. The van der Waals surface area contributed by atoms with Gasteiger partial charge in [-0.2, -0.15) is 0 Å². The summed E-state index contributed by atoms with van der Waals surface area (Å²) in [6.45, 7) is 5.32. The van der Waals surface area contributed by atoms with Gasteiger partial charge in [-0.25, -0.2) is 0 Å². The van der Waals surface area contributed by atoms with Crippen molar-refractivity contribution in [2.24, 2.45) is 0 Å². The topological polar surface area (TPSA) is 36.4 Å². The van der Waals surface area contributed by atoms with Gasteiger partial charge in [-0.05, 0) is 25.1 Å². The van der Waals surface area contributed by atoms with E-state index in [1.807, 2.05) is 17.0 Å². The number of nitrogens with zero attached hydrogens (tertiary/aromatic N) is 3. The highest BCUT2D eigenvalue weighted by Crippen LogP contribution is 2.33. The summed E-state index contributed by atoms with van der Waals surface area (Å²) in [5, 5.41) is 0. The molecule has 1 aromatic heterocycles. The molecule has 3 fully saturated rings. The number of pyridine rings is 1. The molecular formula is C13H17N3O. The average Bonchev–Trinajstić information content (AvgIpc) is 2.39. The van der Waals surface area contributed by atoms with Crippen LogP contribution in [0.4, 0.5) is 0 Å². The van der Waals surface area contributed by atoms with E-state index < -0.39 is 0 Å². The molecule has 3 aliphatic heterocycles. The van der Waals surface area contributed by atoms with E-state index in [2.05, 4.69) is 16.8 Å². The Kier molecular flexibility index (Phi) is 2.59.